The molecule has 1 rings (SSSR count). The van der Waals surface area contributed by atoms with Crippen LogP contribution in [-0.2, 0) is 6.42 Å². The predicted molar refractivity (Wildman–Crippen MR) is 73.8 cm³/mol. The molecular formula is C15H25NO. The van der Waals surface area contributed by atoms with Gasteiger partial charge < -0.3 is 10.1 Å². The van der Waals surface area contributed by atoms with Crippen molar-refractivity contribution in [1.82, 2.24) is 5.32 Å². The highest BCUT2D eigenvalue weighted by Crippen LogP contribution is 2.19. The Bertz CT molecular complexity index is 336. The van der Waals surface area contributed by atoms with Crippen LogP contribution in [0.15, 0.2) is 18.2 Å². The maximum Gasteiger partial charge on any atom is 0.119 e. The van der Waals surface area contributed by atoms with Crippen LogP contribution >= 0.6 is 0 Å². The first kappa shape index (κ1) is 14.0. The van der Waals surface area contributed by atoms with Crippen LogP contribution in [0.1, 0.15) is 37.3 Å². The number of nitrogens with one attached hydrogen (secondary N) is 1. The largest absolute Gasteiger partial charge is 0.497 e. The highest BCUT2D eigenvalue weighted by Gasteiger charge is 2.06. The molecule has 1 aromatic rings. The molecule has 0 aliphatic heterocycles. The minimum atomic E-state index is 0.640. The van der Waals surface area contributed by atoms with Crippen molar-refractivity contribution < 1.29 is 4.74 Å². The zero-order valence-electron chi connectivity index (χ0n) is 11.5. The molecular weight excluding hydrogens is 210 g/mol. The summed E-state index contributed by atoms with van der Waals surface area (Å²) in [6.45, 7) is 4.40. The number of methoxy groups -OCH3 is 1. The van der Waals surface area contributed by atoms with Gasteiger partial charge in [-0.15, -0.1) is 0 Å². The van der Waals surface area contributed by atoms with Crippen molar-refractivity contribution in [3.05, 3.63) is 29.3 Å². The molecule has 0 bridgehead atoms. The van der Waals surface area contributed by atoms with Crippen molar-refractivity contribution in [1.29, 1.82) is 0 Å². The third-order valence-electron chi connectivity index (χ3n) is 3.36. The molecule has 0 saturated heterocycles. The van der Waals surface area contributed by atoms with Crippen LogP contribution in [0, 0.1) is 6.92 Å². The van der Waals surface area contributed by atoms with E-state index in [1.54, 1.807) is 7.11 Å². The number of benzene rings is 1. The Morgan fingerprint density at radius 1 is 1.29 bits per heavy atom. The molecule has 1 aromatic carbocycles. The van der Waals surface area contributed by atoms with E-state index in [2.05, 4.69) is 44.4 Å². The number of ether oxygens (including phenoxy) is 1. The van der Waals surface area contributed by atoms with Gasteiger partial charge in [0.1, 0.15) is 5.75 Å². The molecule has 2 heteroatoms. The zero-order chi connectivity index (χ0) is 12.7. The number of hydrogen-bond donors (Lipinski definition) is 1. The molecule has 1 N–H and O–H groups in total. The average molecular weight is 235 g/mol. The highest BCUT2D eigenvalue weighted by molar-refractivity contribution is 5.34. The standard InChI is InChI=1S/C15H25NO/c1-5-6-14(16-3)9-7-13-8-10-15(17-4)11-12(13)2/h8,10-11,14,16H,5-7,9H2,1-4H3. The predicted octanol–water partition coefficient (Wildman–Crippen LogP) is 3.32. The first-order chi connectivity index (χ1) is 8.21. The van der Waals surface area contributed by atoms with Gasteiger partial charge in [0.05, 0.1) is 7.11 Å². The Morgan fingerprint density at radius 2 is 2.06 bits per heavy atom. The van der Waals surface area contributed by atoms with E-state index in [-0.39, 0.29) is 0 Å². The summed E-state index contributed by atoms with van der Waals surface area (Å²) < 4.78 is 5.22. The zero-order valence-corrected chi connectivity index (χ0v) is 11.5. The number of hydrogen-bond acceptors (Lipinski definition) is 2. The van der Waals surface area contributed by atoms with Gasteiger partial charge in [-0.3, -0.25) is 0 Å². The Balaban J connectivity index is 2.56. The Morgan fingerprint density at radius 3 is 2.59 bits per heavy atom. The van der Waals surface area contributed by atoms with Gasteiger partial charge >= 0.3 is 0 Å². The van der Waals surface area contributed by atoms with Crippen molar-refractivity contribution in [2.75, 3.05) is 14.2 Å². The van der Waals surface area contributed by atoms with Gasteiger partial charge in [-0.2, -0.15) is 0 Å². The van der Waals surface area contributed by atoms with Crippen molar-refractivity contribution in [3.63, 3.8) is 0 Å². The molecule has 0 aliphatic rings. The van der Waals surface area contributed by atoms with Gasteiger partial charge in [0.25, 0.3) is 0 Å². The molecule has 0 amide bonds. The smallest absolute Gasteiger partial charge is 0.119 e. The molecule has 0 fully saturated rings. The van der Waals surface area contributed by atoms with E-state index in [0.717, 1.165) is 12.2 Å². The first-order valence-electron chi connectivity index (χ1n) is 6.52. The highest BCUT2D eigenvalue weighted by atomic mass is 16.5. The van der Waals surface area contributed by atoms with E-state index < -0.39 is 0 Å². The maximum absolute atomic E-state index is 5.22. The lowest BCUT2D eigenvalue weighted by atomic mass is 9.99. The first-order valence-corrected chi connectivity index (χ1v) is 6.52. The van der Waals surface area contributed by atoms with E-state index >= 15 is 0 Å². The molecule has 0 radical (unpaired) electrons. The van der Waals surface area contributed by atoms with Gasteiger partial charge in [-0.25, -0.2) is 0 Å². The summed E-state index contributed by atoms with van der Waals surface area (Å²) >= 11 is 0. The third kappa shape index (κ3) is 4.39. The van der Waals surface area contributed by atoms with Gasteiger partial charge in [-0.05, 0) is 56.5 Å². The summed E-state index contributed by atoms with van der Waals surface area (Å²) in [6.07, 6.45) is 4.84. The second-order valence-electron chi connectivity index (χ2n) is 4.61. The van der Waals surface area contributed by atoms with E-state index in [0.29, 0.717) is 6.04 Å². The molecule has 1 atom stereocenters. The quantitative estimate of drug-likeness (QED) is 0.782. The van der Waals surface area contributed by atoms with Crippen LogP contribution in [0.3, 0.4) is 0 Å². The lowest BCUT2D eigenvalue weighted by molar-refractivity contribution is 0.414. The second kappa shape index (κ2) is 7.33. The summed E-state index contributed by atoms with van der Waals surface area (Å²) in [5.41, 5.74) is 2.76. The number of aryl methyl sites for hydroxylation is 2. The fourth-order valence-electron chi connectivity index (χ4n) is 2.19. The summed E-state index contributed by atoms with van der Waals surface area (Å²) in [6, 6.07) is 6.99. The second-order valence-corrected chi connectivity index (χ2v) is 4.61. The molecule has 0 aromatic heterocycles. The third-order valence-corrected chi connectivity index (χ3v) is 3.36. The Labute approximate surface area is 105 Å². The van der Waals surface area contributed by atoms with E-state index in [4.69, 9.17) is 4.74 Å². The topological polar surface area (TPSA) is 21.3 Å². The molecule has 0 heterocycles. The fraction of sp³-hybridized carbons (Fsp3) is 0.600. The van der Waals surface area contributed by atoms with Crippen LogP contribution in [-0.4, -0.2) is 20.2 Å². The van der Waals surface area contributed by atoms with Crippen molar-refractivity contribution in [2.45, 2.75) is 45.6 Å². The van der Waals surface area contributed by atoms with Crippen molar-refractivity contribution in [2.24, 2.45) is 0 Å². The summed E-state index contributed by atoms with van der Waals surface area (Å²) in [4.78, 5) is 0. The Kier molecular flexibility index (Phi) is 6.06. The van der Waals surface area contributed by atoms with Crippen molar-refractivity contribution >= 4 is 0 Å². The van der Waals surface area contributed by atoms with E-state index in [1.807, 2.05) is 0 Å². The van der Waals surface area contributed by atoms with Crippen LogP contribution < -0.4 is 10.1 Å². The Hall–Kier alpha value is -1.02. The molecule has 96 valence electrons. The van der Waals surface area contributed by atoms with Crippen LogP contribution in [0.4, 0.5) is 0 Å². The minimum Gasteiger partial charge on any atom is -0.497 e. The fourth-order valence-corrected chi connectivity index (χ4v) is 2.19. The molecule has 2 nitrogen and oxygen atoms in total. The van der Waals surface area contributed by atoms with E-state index in [1.165, 1.54) is 30.4 Å². The van der Waals surface area contributed by atoms with Crippen LogP contribution in [0.25, 0.3) is 0 Å². The molecule has 0 aliphatic carbocycles. The molecule has 0 spiro atoms. The average Bonchev–Trinajstić information content (AvgIpc) is 2.35. The monoisotopic (exact) mass is 235 g/mol. The summed E-state index contributed by atoms with van der Waals surface area (Å²) in [7, 11) is 3.77. The SMILES string of the molecule is CCCC(CCc1ccc(OC)cc1C)NC. The maximum atomic E-state index is 5.22. The van der Waals surface area contributed by atoms with Gasteiger partial charge in [0.15, 0.2) is 0 Å². The molecule has 0 saturated carbocycles. The van der Waals surface area contributed by atoms with Gasteiger partial charge in [0.2, 0.25) is 0 Å². The lowest BCUT2D eigenvalue weighted by Crippen LogP contribution is -2.25. The normalized spacial score (nSPS) is 12.5. The van der Waals surface area contributed by atoms with Gasteiger partial charge in [0, 0.05) is 6.04 Å². The summed E-state index contributed by atoms with van der Waals surface area (Å²) in [5.74, 6) is 0.949. The van der Waals surface area contributed by atoms with Crippen LogP contribution in [0.2, 0.25) is 0 Å². The summed E-state index contributed by atoms with van der Waals surface area (Å²) in [5, 5.41) is 3.39. The minimum absolute atomic E-state index is 0.640. The van der Waals surface area contributed by atoms with Gasteiger partial charge in [-0.1, -0.05) is 19.4 Å². The molecule has 17 heavy (non-hydrogen) atoms. The number of rotatable bonds is 7. The van der Waals surface area contributed by atoms with Crippen molar-refractivity contribution in [3.8, 4) is 5.75 Å². The van der Waals surface area contributed by atoms with Crippen LogP contribution in [0.5, 0.6) is 5.75 Å². The lowest BCUT2D eigenvalue weighted by Gasteiger charge is -2.16. The molecule has 1 unspecified atom stereocenters. The van der Waals surface area contributed by atoms with E-state index in [9.17, 15) is 0 Å².